The Morgan fingerprint density at radius 1 is 1.20 bits per heavy atom. The van der Waals surface area contributed by atoms with Crippen molar-refractivity contribution in [3.63, 3.8) is 0 Å². The number of carbonyl (C=O) groups excluding carboxylic acids is 1. The zero-order chi connectivity index (χ0) is 24.7. The van der Waals surface area contributed by atoms with Crippen molar-refractivity contribution in [3.05, 3.63) is 59.4 Å². The number of pyridine rings is 2. The molecule has 0 aromatic carbocycles. The van der Waals surface area contributed by atoms with E-state index >= 15 is 0 Å². The second kappa shape index (κ2) is 8.87. The standard InChI is InChI=1S/C26H27F2N5O2/c1-15-23(16(2)35-32-15)19-11-21-20(10-17-6-8-26(27,28)9-7-17)14-33(24(21)31-13-19)22-5-4-18(12-30-22)25(34)29-3/h4-5,11-14,17H,6-10H2,1-3H3,(H,29,34). The summed E-state index contributed by atoms with van der Waals surface area (Å²) in [6.07, 6.45) is 6.84. The van der Waals surface area contributed by atoms with E-state index in [9.17, 15) is 13.6 Å². The monoisotopic (exact) mass is 479 g/mol. The molecule has 0 bridgehead atoms. The Kier molecular flexibility index (Phi) is 5.86. The number of hydrogen-bond acceptors (Lipinski definition) is 5. The average molecular weight is 480 g/mol. The summed E-state index contributed by atoms with van der Waals surface area (Å²) in [5.41, 5.74) is 4.80. The summed E-state index contributed by atoms with van der Waals surface area (Å²) in [6.45, 7) is 3.76. The van der Waals surface area contributed by atoms with E-state index in [1.807, 2.05) is 24.6 Å². The van der Waals surface area contributed by atoms with Crippen LogP contribution in [0.3, 0.4) is 0 Å². The van der Waals surface area contributed by atoms with Crippen LogP contribution in [0.5, 0.6) is 0 Å². The van der Waals surface area contributed by atoms with Crippen molar-refractivity contribution in [1.29, 1.82) is 0 Å². The van der Waals surface area contributed by atoms with Gasteiger partial charge < -0.3 is 9.84 Å². The summed E-state index contributed by atoms with van der Waals surface area (Å²) in [5, 5.41) is 7.59. The summed E-state index contributed by atoms with van der Waals surface area (Å²) in [5.74, 6) is -1.25. The molecule has 1 N–H and O–H groups in total. The molecule has 182 valence electrons. The fourth-order valence-electron chi connectivity index (χ4n) is 4.96. The molecule has 4 aromatic heterocycles. The van der Waals surface area contributed by atoms with Crippen LogP contribution in [0.25, 0.3) is 28.0 Å². The highest BCUT2D eigenvalue weighted by molar-refractivity contribution is 5.93. The third kappa shape index (κ3) is 4.42. The van der Waals surface area contributed by atoms with Gasteiger partial charge in [-0.05, 0) is 62.8 Å². The number of alkyl halides is 2. The fraction of sp³-hybridized carbons (Fsp3) is 0.385. The molecule has 1 saturated carbocycles. The van der Waals surface area contributed by atoms with E-state index in [0.29, 0.717) is 36.4 Å². The van der Waals surface area contributed by atoms with Crippen molar-refractivity contribution in [2.24, 2.45) is 5.92 Å². The first kappa shape index (κ1) is 23.1. The molecule has 7 nitrogen and oxygen atoms in total. The van der Waals surface area contributed by atoms with Crippen molar-refractivity contribution in [3.8, 4) is 16.9 Å². The summed E-state index contributed by atoms with van der Waals surface area (Å²) in [6, 6.07) is 5.56. The predicted octanol–water partition coefficient (Wildman–Crippen LogP) is 5.42. The molecule has 1 fully saturated rings. The third-order valence-electron chi connectivity index (χ3n) is 6.88. The first-order valence-corrected chi connectivity index (χ1v) is 11.8. The summed E-state index contributed by atoms with van der Waals surface area (Å²) < 4.78 is 34.7. The number of hydrogen-bond donors (Lipinski definition) is 1. The van der Waals surface area contributed by atoms with Crippen LogP contribution in [0.15, 0.2) is 41.3 Å². The Bertz CT molecular complexity index is 1360. The number of carbonyl (C=O) groups is 1. The Morgan fingerprint density at radius 3 is 2.60 bits per heavy atom. The van der Waals surface area contributed by atoms with Crippen molar-refractivity contribution in [1.82, 2.24) is 25.0 Å². The van der Waals surface area contributed by atoms with Gasteiger partial charge in [-0.1, -0.05) is 5.16 Å². The van der Waals surface area contributed by atoms with Gasteiger partial charge in [0.1, 0.15) is 17.2 Å². The number of fused-ring (bicyclic) bond motifs is 1. The number of halogens is 2. The molecule has 0 unspecified atom stereocenters. The molecule has 1 amide bonds. The van der Waals surface area contributed by atoms with Gasteiger partial charge in [-0.2, -0.15) is 0 Å². The van der Waals surface area contributed by atoms with Crippen LogP contribution in [0.4, 0.5) is 8.78 Å². The molecule has 0 saturated heterocycles. The molecule has 4 aromatic rings. The van der Waals surface area contributed by atoms with Crippen molar-refractivity contribution < 1.29 is 18.1 Å². The van der Waals surface area contributed by atoms with Gasteiger partial charge in [0.15, 0.2) is 0 Å². The zero-order valence-corrected chi connectivity index (χ0v) is 19.9. The second-order valence-corrected chi connectivity index (χ2v) is 9.31. The van der Waals surface area contributed by atoms with Gasteiger partial charge in [-0.3, -0.25) is 9.36 Å². The molecule has 35 heavy (non-hydrogen) atoms. The van der Waals surface area contributed by atoms with Crippen molar-refractivity contribution >= 4 is 16.9 Å². The lowest BCUT2D eigenvalue weighted by atomic mass is 9.83. The van der Waals surface area contributed by atoms with Crippen LogP contribution < -0.4 is 5.32 Å². The molecule has 0 atom stereocenters. The van der Waals surface area contributed by atoms with Crippen molar-refractivity contribution in [2.75, 3.05) is 7.05 Å². The number of nitrogens with one attached hydrogen (secondary N) is 1. The minimum Gasteiger partial charge on any atom is -0.361 e. The maximum atomic E-state index is 13.7. The molecule has 1 aliphatic carbocycles. The van der Waals surface area contributed by atoms with E-state index in [1.54, 1.807) is 25.4 Å². The van der Waals surface area contributed by atoms with Gasteiger partial charge in [-0.25, -0.2) is 18.7 Å². The molecular weight excluding hydrogens is 452 g/mol. The maximum absolute atomic E-state index is 13.7. The van der Waals surface area contributed by atoms with Crippen LogP contribution in [0.2, 0.25) is 0 Å². The molecule has 0 radical (unpaired) electrons. The minimum atomic E-state index is -2.56. The lowest BCUT2D eigenvalue weighted by molar-refractivity contribution is -0.0456. The smallest absolute Gasteiger partial charge is 0.252 e. The van der Waals surface area contributed by atoms with Crippen LogP contribution in [-0.4, -0.2) is 38.6 Å². The summed E-state index contributed by atoms with van der Waals surface area (Å²) in [4.78, 5) is 21.2. The highest BCUT2D eigenvalue weighted by Crippen LogP contribution is 2.39. The van der Waals surface area contributed by atoms with Gasteiger partial charge in [0, 0.05) is 55.0 Å². The van der Waals surface area contributed by atoms with Gasteiger partial charge >= 0.3 is 0 Å². The molecule has 0 aliphatic heterocycles. The van der Waals surface area contributed by atoms with E-state index in [-0.39, 0.29) is 24.7 Å². The lowest BCUT2D eigenvalue weighted by Crippen LogP contribution is -2.25. The number of aryl methyl sites for hydroxylation is 2. The molecule has 5 rings (SSSR count). The minimum absolute atomic E-state index is 0.0681. The second-order valence-electron chi connectivity index (χ2n) is 9.31. The van der Waals surface area contributed by atoms with E-state index in [1.165, 1.54) is 6.20 Å². The number of rotatable bonds is 5. The number of amides is 1. The predicted molar refractivity (Wildman–Crippen MR) is 128 cm³/mol. The lowest BCUT2D eigenvalue weighted by Gasteiger charge is -2.28. The van der Waals surface area contributed by atoms with E-state index in [4.69, 9.17) is 9.51 Å². The largest absolute Gasteiger partial charge is 0.361 e. The van der Waals surface area contributed by atoms with Crippen molar-refractivity contribution in [2.45, 2.75) is 51.9 Å². The quantitative estimate of drug-likeness (QED) is 0.413. The Morgan fingerprint density at radius 2 is 1.97 bits per heavy atom. The van der Waals surface area contributed by atoms with E-state index in [0.717, 1.165) is 33.4 Å². The molecule has 0 spiro atoms. The topological polar surface area (TPSA) is 85.8 Å². The van der Waals surface area contributed by atoms with Gasteiger partial charge in [-0.15, -0.1) is 0 Å². The SMILES string of the molecule is CNC(=O)c1ccc(-n2cc(CC3CCC(F)(F)CC3)c3cc(-c4c(C)noc4C)cnc32)nc1. The number of aromatic nitrogens is 4. The fourth-order valence-corrected chi connectivity index (χ4v) is 4.96. The third-order valence-corrected chi connectivity index (χ3v) is 6.88. The maximum Gasteiger partial charge on any atom is 0.252 e. The molecule has 9 heteroatoms. The number of nitrogens with zero attached hydrogens (tertiary/aromatic N) is 4. The van der Waals surface area contributed by atoms with Gasteiger partial charge in [0.25, 0.3) is 5.91 Å². The Balaban J connectivity index is 1.58. The Hall–Kier alpha value is -3.62. The van der Waals surface area contributed by atoms with Crippen LogP contribution >= 0.6 is 0 Å². The van der Waals surface area contributed by atoms with Gasteiger partial charge in [0.05, 0.1) is 11.3 Å². The molecule has 4 heterocycles. The summed E-state index contributed by atoms with van der Waals surface area (Å²) >= 11 is 0. The first-order chi connectivity index (χ1) is 16.8. The highest BCUT2D eigenvalue weighted by atomic mass is 19.3. The normalized spacial score (nSPS) is 16.0. The van der Waals surface area contributed by atoms with Crippen LogP contribution in [0.1, 0.15) is 53.1 Å². The van der Waals surface area contributed by atoms with Gasteiger partial charge in [0.2, 0.25) is 5.92 Å². The van der Waals surface area contributed by atoms with Crippen LogP contribution in [-0.2, 0) is 6.42 Å². The summed E-state index contributed by atoms with van der Waals surface area (Å²) in [7, 11) is 1.57. The Labute approximate surface area is 201 Å². The van der Waals surface area contributed by atoms with E-state index < -0.39 is 5.92 Å². The zero-order valence-electron chi connectivity index (χ0n) is 19.9. The van der Waals surface area contributed by atoms with Crippen LogP contribution in [0, 0.1) is 19.8 Å². The molecular formula is C26H27F2N5O2. The van der Waals surface area contributed by atoms with E-state index in [2.05, 4.69) is 21.5 Å². The average Bonchev–Trinajstić information content (AvgIpc) is 3.38. The highest BCUT2D eigenvalue weighted by Gasteiger charge is 2.35. The first-order valence-electron chi connectivity index (χ1n) is 11.8. The molecule has 1 aliphatic rings.